The van der Waals surface area contributed by atoms with Crippen LogP contribution < -0.4 is 9.64 Å². The molecule has 3 rings (SSSR count). The highest BCUT2D eigenvalue weighted by molar-refractivity contribution is 5.46. The van der Waals surface area contributed by atoms with E-state index in [4.69, 9.17) is 4.74 Å². The van der Waals surface area contributed by atoms with Crippen LogP contribution in [0.3, 0.4) is 0 Å². The summed E-state index contributed by atoms with van der Waals surface area (Å²) in [6, 6.07) is 14.3. The summed E-state index contributed by atoms with van der Waals surface area (Å²) in [6.07, 6.45) is 0.254. The lowest BCUT2D eigenvalue weighted by molar-refractivity contribution is 0.139. The summed E-state index contributed by atoms with van der Waals surface area (Å²) in [5, 5.41) is 10.4. The fourth-order valence-electron chi connectivity index (χ4n) is 3.18. The molecule has 2 aromatic rings. The van der Waals surface area contributed by atoms with Crippen molar-refractivity contribution in [3.63, 3.8) is 0 Å². The molecule has 4 nitrogen and oxygen atoms in total. The standard InChI is InChI=1S/C20H25FN2O2/c1-25-19-8-2-16(3-9-19)20(24)10-11-22-12-14-23(15-13-22)18-6-4-17(21)5-7-18/h2-9,20,24H,10-15H2,1H3. The van der Waals surface area contributed by atoms with Gasteiger partial charge in [-0.1, -0.05) is 12.1 Å². The quantitative estimate of drug-likeness (QED) is 0.874. The monoisotopic (exact) mass is 344 g/mol. The molecular formula is C20H25FN2O2. The van der Waals surface area contributed by atoms with E-state index in [2.05, 4.69) is 9.80 Å². The van der Waals surface area contributed by atoms with Crippen LogP contribution in [0.15, 0.2) is 48.5 Å². The first kappa shape index (κ1) is 17.7. The van der Waals surface area contributed by atoms with Crippen LogP contribution in [0.4, 0.5) is 10.1 Å². The Hall–Kier alpha value is -2.11. The third kappa shape index (κ3) is 4.71. The number of methoxy groups -OCH3 is 1. The zero-order valence-electron chi connectivity index (χ0n) is 14.6. The molecule has 1 atom stereocenters. The van der Waals surface area contributed by atoms with Crippen molar-refractivity contribution >= 4 is 5.69 Å². The Bertz CT molecular complexity index is 652. The van der Waals surface area contributed by atoms with Crippen LogP contribution in [-0.4, -0.2) is 49.8 Å². The molecule has 1 aliphatic heterocycles. The number of aliphatic hydroxyl groups is 1. The summed E-state index contributed by atoms with van der Waals surface area (Å²) in [5.41, 5.74) is 1.99. The Kier molecular flexibility index (Phi) is 5.89. The first-order chi connectivity index (χ1) is 12.2. The molecule has 1 fully saturated rings. The lowest BCUT2D eigenvalue weighted by Crippen LogP contribution is -2.46. The van der Waals surface area contributed by atoms with Crippen LogP contribution in [0.2, 0.25) is 0 Å². The molecule has 0 amide bonds. The van der Waals surface area contributed by atoms with E-state index in [1.165, 1.54) is 12.1 Å². The molecule has 0 aliphatic carbocycles. The molecule has 1 N–H and O–H groups in total. The van der Waals surface area contributed by atoms with Crippen molar-refractivity contribution in [1.29, 1.82) is 0 Å². The molecule has 1 aliphatic rings. The third-order valence-electron chi connectivity index (χ3n) is 4.78. The largest absolute Gasteiger partial charge is 0.497 e. The number of benzene rings is 2. The number of hydrogen-bond acceptors (Lipinski definition) is 4. The van der Waals surface area contributed by atoms with Crippen LogP contribution in [0, 0.1) is 5.82 Å². The first-order valence-corrected chi connectivity index (χ1v) is 8.70. The molecule has 1 heterocycles. The number of aliphatic hydroxyl groups excluding tert-OH is 1. The van der Waals surface area contributed by atoms with Crippen LogP contribution in [0.25, 0.3) is 0 Å². The average molecular weight is 344 g/mol. The number of piperazine rings is 1. The minimum atomic E-state index is -0.457. The Balaban J connectivity index is 1.44. The number of halogens is 1. The van der Waals surface area contributed by atoms with Gasteiger partial charge in [0.05, 0.1) is 13.2 Å². The van der Waals surface area contributed by atoms with Crippen LogP contribution in [0.1, 0.15) is 18.1 Å². The van der Waals surface area contributed by atoms with E-state index in [0.29, 0.717) is 6.42 Å². The molecule has 1 unspecified atom stereocenters. The number of rotatable bonds is 6. The zero-order chi connectivity index (χ0) is 17.6. The Morgan fingerprint density at radius 1 is 1.00 bits per heavy atom. The maximum atomic E-state index is 13.0. The molecule has 0 radical (unpaired) electrons. The SMILES string of the molecule is COc1ccc(C(O)CCN2CCN(c3ccc(F)cc3)CC2)cc1. The van der Waals surface area contributed by atoms with Gasteiger partial charge in [-0.3, -0.25) is 4.90 Å². The lowest BCUT2D eigenvalue weighted by atomic mass is 10.1. The highest BCUT2D eigenvalue weighted by Crippen LogP contribution is 2.21. The number of hydrogen-bond donors (Lipinski definition) is 1. The molecule has 134 valence electrons. The third-order valence-corrected chi connectivity index (χ3v) is 4.78. The van der Waals surface area contributed by atoms with Gasteiger partial charge in [0, 0.05) is 38.4 Å². The molecule has 2 aromatic carbocycles. The number of anilines is 1. The second-order valence-corrected chi connectivity index (χ2v) is 6.38. The van der Waals surface area contributed by atoms with Gasteiger partial charge in [-0.2, -0.15) is 0 Å². The van der Waals surface area contributed by atoms with E-state index in [1.807, 2.05) is 36.4 Å². The fraction of sp³-hybridized carbons (Fsp3) is 0.400. The second kappa shape index (κ2) is 8.32. The van der Waals surface area contributed by atoms with Crippen LogP contribution >= 0.6 is 0 Å². The van der Waals surface area contributed by atoms with Gasteiger partial charge < -0.3 is 14.7 Å². The normalized spacial score (nSPS) is 16.7. The summed E-state index contributed by atoms with van der Waals surface area (Å²) >= 11 is 0. The summed E-state index contributed by atoms with van der Waals surface area (Å²) in [5.74, 6) is 0.600. The average Bonchev–Trinajstić information content (AvgIpc) is 2.67. The summed E-state index contributed by atoms with van der Waals surface area (Å²) in [7, 11) is 1.64. The smallest absolute Gasteiger partial charge is 0.123 e. The maximum absolute atomic E-state index is 13.0. The Labute approximate surface area is 148 Å². The Morgan fingerprint density at radius 3 is 2.24 bits per heavy atom. The minimum absolute atomic E-state index is 0.199. The number of nitrogens with zero attached hydrogens (tertiary/aromatic N) is 2. The van der Waals surface area contributed by atoms with E-state index in [0.717, 1.165) is 49.7 Å². The zero-order valence-corrected chi connectivity index (χ0v) is 14.6. The van der Waals surface area contributed by atoms with Gasteiger partial charge in [0.15, 0.2) is 0 Å². The highest BCUT2D eigenvalue weighted by atomic mass is 19.1. The van der Waals surface area contributed by atoms with Gasteiger partial charge in [0.25, 0.3) is 0 Å². The highest BCUT2D eigenvalue weighted by Gasteiger charge is 2.18. The molecule has 0 spiro atoms. The first-order valence-electron chi connectivity index (χ1n) is 8.70. The minimum Gasteiger partial charge on any atom is -0.497 e. The van der Waals surface area contributed by atoms with Gasteiger partial charge in [-0.25, -0.2) is 4.39 Å². The molecular weight excluding hydrogens is 319 g/mol. The maximum Gasteiger partial charge on any atom is 0.123 e. The summed E-state index contributed by atoms with van der Waals surface area (Å²) in [6.45, 7) is 4.61. The summed E-state index contributed by atoms with van der Waals surface area (Å²) in [4.78, 5) is 4.64. The van der Waals surface area contributed by atoms with Crippen molar-refractivity contribution in [2.45, 2.75) is 12.5 Å². The Morgan fingerprint density at radius 2 is 1.64 bits per heavy atom. The van der Waals surface area contributed by atoms with Crippen molar-refractivity contribution in [2.75, 3.05) is 44.7 Å². The predicted molar refractivity (Wildman–Crippen MR) is 97.6 cm³/mol. The fourth-order valence-corrected chi connectivity index (χ4v) is 3.18. The van der Waals surface area contributed by atoms with E-state index in [1.54, 1.807) is 7.11 Å². The lowest BCUT2D eigenvalue weighted by Gasteiger charge is -2.36. The molecule has 1 saturated heterocycles. The number of ether oxygens (including phenoxy) is 1. The molecule has 0 saturated carbocycles. The van der Waals surface area contributed by atoms with Gasteiger partial charge in [-0.05, 0) is 48.4 Å². The predicted octanol–water partition coefficient (Wildman–Crippen LogP) is 3.08. The van der Waals surface area contributed by atoms with Gasteiger partial charge >= 0.3 is 0 Å². The molecule has 0 aromatic heterocycles. The van der Waals surface area contributed by atoms with E-state index in [-0.39, 0.29) is 5.82 Å². The van der Waals surface area contributed by atoms with Crippen molar-refractivity contribution in [1.82, 2.24) is 4.90 Å². The van der Waals surface area contributed by atoms with E-state index >= 15 is 0 Å². The van der Waals surface area contributed by atoms with Crippen molar-refractivity contribution in [3.05, 3.63) is 59.9 Å². The van der Waals surface area contributed by atoms with E-state index < -0.39 is 6.10 Å². The summed E-state index contributed by atoms with van der Waals surface area (Å²) < 4.78 is 18.2. The van der Waals surface area contributed by atoms with E-state index in [9.17, 15) is 9.50 Å². The second-order valence-electron chi connectivity index (χ2n) is 6.38. The van der Waals surface area contributed by atoms with Gasteiger partial charge in [-0.15, -0.1) is 0 Å². The topological polar surface area (TPSA) is 35.9 Å². The van der Waals surface area contributed by atoms with Gasteiger partial charge in [0.2, 0.25) is 0 Å². The van der Waals surface area contributed by atoms with Crippen molar-refractivity contribution in [2.24, 2.45) is 0 Å². The van der Waals surface area contributed by atoms with Gasteiger partial charge in [0.1, 0.15) is 11.6 Å². The van der Waals surface area contributed by atoms with Crippen LogP contribution in [0.5, 0.6) is 5.75 Å². The van der Waals surface area contributed by atoms with Crippen molar-refractivity contribution in [3.8, 4) is 5.75 Å². The van der Waals surface area contributed by atoms with Crippen LogP contribution in [-0.2, 0) is 0 Å². The molecule has 25 heavy (non-hydrogen) atoms. The molecule has 5 heteroatoms. The molecule has 0 bridgehead atoms. The van der Waals surface area contributed by atoms with Crippen molar-refractivity contribution < 1.29 is 14.2 Å².